The highest BCUT2D eigenvalue weighted by Crippen LogP contribution is 2.16. The van der Waals surface area contributed by atoms with E-state index in [9.17, 15) is 14.4 Å². The minimum Gasteiger partial charge on any atom is -0.496 e. The number of carbonyl (C=O) groups is 3. The fourth-order valence-electron chi connectivity index (χ4n) is 3.40. The second-order valence-electron chi connectivity index (χ2n) is 8.11. The van der Waals surface area contributed by atoms with E-state index in [1.165, 1.54) is 5.48 Å². The zero-order valence-electron chi connectivity index (χ0n) is 20.8. The van der Waals surface area contributed by atoms with Crippen molar-refractivity contribution < 1.29 is 24.3 Å². The normalized spacial score (nSPS) is 10.6. The number of anilines is 1. The van der Waals surface area contributed by atoms with Crippen LogP contribution in [0.15, 0.2) is 72.8 Å². The zero-order valence-corrected chi connectivity index (χ0v) is 20.8. The summed E-state index contributed by atoms with van der Waals surface area (Å²) in [6.07, 6.45) is 0. The minimum atomic E-state index is -1.05. The van der Waals surface area contributed by atoms with Crippen molar-refractivity contribution in [2.45, 2.75) is 20.0 Å². The van der Waals surface area contributed by atoms with Crippen molar-refractivity contribution in [1.82, 2.24) is 16.1 Å². The number of nitrogens with two attached hydrogens (primary N) is 1. The lowest BCUT2D eigenvalue weighted by molar-refractivity contribution is -0.130. The molecule has 3 amide bonds. The molecule has 0 saturated heterocycles. The summed E-state index contributed by atoms with van der Waals surface area (Å²) in [6.45, 7) is 0.493. The molecule has 3 aromatic rings. The molecule has 0 heterocycles. The van der Waals surface area contributed by atoms with Crippen molar-refractivity contribution in [3.63, 3.8) is 0 Å². The molecule has 0 aliphatic rings. The van der Waals surface area contributed by atoms with Crippen LogP contribution >= 0.6 is 0 Å². The molecule has 0 bridgehead atoms. The Kier molecular flexibility index (Phi) is 12.2. The smallest absolute Gasteiger partial charge is 0.267 e. The maximum Gasteiger partial charge on any atom is 0.267 e. The van der Waals surface area contributed by atoms with Gasteiger partial charge in [-0.2, -0.15) is 0 Å². The topological polar surface area (TPSA) is 155 Å². The van der Waals surface area contributed by atoms with Crippen molar-refractivity contribution in [2.75, 3.05) is 25.5 Å². The van der Waals surface area contributed by atoms with E-state index >= 15 is 0 Å². The molecule has 0 aliphatic carbocycles. The highest BCUT2D eigenvalue weighted by molar-refractivity contribution is 5.97. The molecule has 10 nitrogen and oxygen atoms in total. The van der Waals surface area contributed by atoms with Crippen LogP contribution in [0.2, 0.25) is 0 Å². The highest BCUT2D eigenvalue weighted by atomic mass is 16.5. The second-order valence-corrected chi connectivity index (χ2v) is 8.11. The van der Waals surface area contributed by atoms with Crippen LogP contribution in [-0.4, -0.2) is 49.2 Å². The molecule has 204 valence electrons. The molecule has 0 fully saturated rings. The second kappa shape index (κ2) is 15.5. The first-order chi connectivity index (χ1) is 18.4. The van der Waals surface area contributed by atoms with E-state index in [2.05, 4.69) is 27.8 Å². The number of carbonyl (C=O) groups excluding carboxylic acids is 3. The summed E-state index contributed by atoms with van der Waals surface area (Å²) in [7, 11) is 1.61. The number of hydroxylamine groups is 1. The maximum atomic E-state index is 12.3. The third-order valence-corrected chi connectivity index (χ3v) is 5.43. The molecule has 10 heteroatoms. The van der Waals surface area contributed by atoms with Gasteiger partial charge >= 0.3 is 0 Å². The monoisotopic (exact) mass is 531 g/mol. The maximum absolute atomic E-state index is 12.3. The van der Waals surface area contributed by atoms with E-state index in [0.29, 0.717) is 23.4 Å². The number of methoxy groups -OCH3 is 1. The summed E-state index contributed by atoms with van der Waals surface area (Å²) in [6, 6.07) is 20.2. The molecule has 0 spiro atoms. The van der Waals surface area contributed by atoms with Gasteiger partial charge in [0.15, 0.2) is 0 Å². The van der Waals surface area contributed by atoms with Gasteiger partial charge in [-0.1, -0.05) is 37.5 Å². The number of hydrogen-bond acceptors (Lipinski definition) is 7. The Morgan fingerprint density at radius 2 is 1.56 bits per heavy atom. The molecule has 3 aromatic carbocycles. The third kappa shape index (κ3) is 9.28. The molecular weight excluding hydrogens is 498 g/mol. The third-order valence-electron chi connectivity index (χ3n) is 5.43. The first-order valence-corrected chi connectivity index (χ1v) is 11.7. The Hall–Kier alpha value is -4.69. The van der Waals surface area contributed by atoms with Crippen LogP contribution in [0.25, 0.3) is 0 Å². The van der Waals surface area contributed by atoms with Gasteiger partial charge in [0.1, 0.15) is 11.8 Å². The van der Waals surface area contributed by atoms with E-state index in [1.807, 2.05) is 24.3 Å². The summed E-state index contributed by atoms with van der Waals surface area (Å²) >= 11 is 0. The van der Waals surface area contributed by atoms with Crippen LogP contribution in [0.1, 0.15) is 34.5 Å². The average molecular weight is 532 g/mol. The predicted molar refractivity (Wildman–Crippen MR) is 149 cm³/mol. The number of hydrogen-bond donors (Lipinski definition) is 6. The number of amides is 3. The Morgan fingerprint density at radius 3 is 2.15 bits per heavy atom. The Labute approximate surface area is 227 Å². The van der Waals surface area contributed by atoms with Gasteiger partial charge in [-0.25, -0.2) is 5.48 Å². The molecule has 3 rings (SSSR count). The van der Waals surface area contributed by atoms with Gasteiger partial charge in [0, 0.05) is 41.0 Å². The highest BCUT2D eigenvalue weighted by Gasteiger charge is 2.19. The predicted octanol–water partition coefficient (Wildman–Crippen LogP) is 2.02. The minimum absolute atomic E-state index is 0. The summed E-state index contributed by atoms with van der Waals surface area (Å²) in [4.78, 5) is 36.0. The number of benzene rings is 3. The van der Waals surface area contributed by atoms with Crippen LogP contribution < -0.4 is 31.9 Å². The molecule has 7 N–H and O–H groups in total. The lowest BCUT2D eigenvalue weighted by Gasteiger charge is -2.14. The van der Waals surface area contributed by atoms with E-state index in [4.69, 9.17) is 15.7 Å². The van der Waals surface area contributed by atoms with Crippen molar-refractivity contribution in [3.05, 3.63) is 95.1 Å². The van der Waals surface area contributed by atoms with Crippen molar-refractivity contribution in [2.24, 2.45) is 5.73 Å². The molecule has 0 radical (unpaired) electrons. The van der Waals surface area contributed by atoms with Crippen LogP contribution in [-0.2, 0) is 16.1 Å². The molecule has 1 atom stereocenters. The quantitative estimate of drug-likeness (QED) is 0.133. The molecular formula is C29H33N5O5. The summed E-state index contributed by atoms with van der Waals surface area (Å²) in [5.41, 5.74) is 10.3. The number of nitrogens with one attached hydrogen (secondary N) is 4. The van der Waals surface area contributed by atoms with Gasteiger partial charge < -0.3 is 26.4 Å². The average Bonchev–Trinajstić information content (AvgIpc) is 2.95. The SMILES string of the molecule is C.COc1ccccc1CNCC(=O)Nc1ccc(C#Cc2ccc(C(=O)N[C@@H](CN)C(=O)NO)cc2)cc1. The number of ether oxygens (including phenoxy) is 1. The molecule has 0 aromatic heterocycles. The van der Waals surface area contributed by atoms with Gasteiger partial charge in [-0.3, -0.25) is 19.6 Å². The first kappa shape index (κ1) is 30.5. The zero-order chi connectivity index (χ0) is 27.3. The van der Waals surface area contributed by atoms with Gasteiger partial charge in [-0.15, -0.1) is 0 Å². The molecule has 0 unspecified atom stereocenters. The summed E-state index contributed by atoms with van der Waals surface area (Å²) in [5, 5.41) is 17.1. The molecule has 0 saturated carbocycles. The summed E-state index contributed by atoms with van der Waals surface area (Å²) in [5.74, 6) is 5.34. The van der Waals surface area contributed by atoms with E-state index in [0.717, 1.165) is 16.9 Å². The fourth-order valence-corrected chi connectivity index (χ4v) is 3.40. The van der Waals surface area contributed by atoms with Crippen LogP contribution in [0.3, 0.4) is 0 Å². The Balaban J connectivity index is 0.00000533. The van der Waals surface area contributed by atoms with Crippen molar-refractivity contribution in [3.8, 4) is 17.6 Å². The van der Waals surface area contributed by atoms with Gasteiger partial charge in [-0.05, 0) is 54.6 Å². The van der Waals surface area contributed by atoms with Crippen LogP contribution in [0, 0.1) is 11.8 Å². The summed E-state index contributed by atoms with van der Waals surface area (Å²) < 4.78 is 5.31. The lowest BCUT2D eigenvalue weighted by atomic mass is 10.1. The molecule has 39 heavy (non-hydrogen) atoms. The van der Waals surface area contributed by atoms with Crippen molar-refractivity contribution >= 4 is 23.4 Å². The van der Waals surface area contributed by atoms with E-state index in [-0.39, 0.29) is 26.4 Å². The van der Waals surface area contributed by atoms with Gasteiger partial charge in [0.2, 0.25) is 5.91 Å². The van der Waals surface area contributed by atoms with Crippen LogP contribution in [0.4, 0.5) is 5.69 Å². The Morgan fingerprint density at radius 1 is 0.949 bits per heavy atom. The number of rotatable bonds is 10. The van der Waals surface area contributed by atoms with Gasteiger partial charge in [0.25, 0.3) is 11.8 Å². The fraction of sp³-hybridized carbons (Fsp3) is 0.207. The Bertz CT molecular complexity index is 1310. The van der Waals surface area contributed by atoms with E-state index in [1.54, 1.807) is 55.6 Å². The first-order valence-electron chi connectivity index (χ1n) is 11.7. The molecule has 0 aliphatic heterocycles. The largest absolute Gasteiger partial charge is 0.496 e. The lowest BCUT2D eigenvalue weighted by Crippen LogP contribution is -2.50. The van der Waals surface area contributed by atoms with Crippen LogP contribution in [0.5, 0.6) is 5.75 Å². The van der Waals surface area contributed by atoms with Crippen molar-refractivity contribution in [1.29, 1.82) is 0 Å². The standard InChI is InChI=1S/C28H29N5O5.CH4/c1-38-25-5-3-2-4-22(25)17-30-18-26(34)31-23-14-10-20(11-15-23)7-6-19-8-12-21(13-9-19)27(35)32-24(16-29)28(36)33-37;/h2-5,8-15,24,30,37H,16-18,29H2,1H3,(H,31,34)(H,32,35)(H,33,36);1H4/t24-;/m0./s1. The van der Waals surface area contributed by atoms with Gasteiger partial charge in [0.05, 0.1) is 13.7 Å². The van der Waals surface area contributed by atoms with E-state index < -0.39 is 17.9 Å². The number of para-hydroxylation sites is 1.